The second-order valence-electron chi connectivity index (χ2n) is 7.14. The molecule has 31 heavy (non-hydrogen) atoms. The molecule has 1 aliphatic rings. The van der Waals surface area contributed by atoms with E-state index < -0.39 is 0 Å². The molecule has 0 saturated carbocycles. The van der Waals surface area contributed by atoms with Gasteiger partial charge in [0, 0.05) is 0 Å². The smallest absolute Gasteiger partial charge is 0.251 e. The predicted molar refractivity (Wildman–Crippen MR) is 115 cm³/mol. The van der Waals surface area contributed by atoms with E-state index in [-0.39, 0.29) is 18.5 Å². The first-order chi connectivity index (χ1) is 15.3. The minimum absolute atomic E-state index is 0.0727. The number of nitrogens with one attached hydrogen (secondary N) is 1. The number of hydrogen-bond donors (Lipinski definition) is 1. The monoisotopic (exact) mass is 412 g/mol. The molecule has 1 unspecified atom stereocenters. The van der Waals surface area contributed by atoms with Gasteiger partial charge in [-0.3, -0.25) is 9.69 Å². The van der Waals surface area contributed by atoms with Crippen LogP contribution in [0.25, 0.3) is 5.70 Å². The van der Waals surface area contributed by atoms with Crippen LogP contribution in [0.2, 0.25) is 0 Å². The number of furan rings is 1. The van der Waals surface area contributed by atoms with Crippen LogP contribution in [-0.2, 0) is 11.3 Å². The number of rotatable bonds is 6. The molecule has 0 bridgehead atoms. The van der Waals surface area contributed by atoms with Gasteiger partial charge in [-0.1, -0.05) is 65.8 Å². The van der Waals surface area contributed by atoms with Gasteiger partial charge in [0.15, 0.2) is 0 Å². The van der Waals surface area contributed by atoms with Crippen molar-refractivity contribution in [3.63, 3.8) is 0 Å². The minimum atomic E-state index is -0.177. The average molecular weight is 412 g/mol. The summed E-state index contributed by atoms with van der Waals surface area (Å²) in [6.07, 6.45) is 3.67. The Balaban J connectivity index is 1.49. The Hall–Kier alpha value is -4.20. The quantitative estimate of drug-likeness (QED) is 0.524. The van der Waals surface area contributed by atoms with E-state index in [9.17, 15) is 4.79 Å². The number of aromatic nitrogens is 4. The second-order valence-corrected chi connectivity index (χ2v) is 7.14. The fraction of sp³-hybridized carbons (Fsp3) is 0.130. The van der Waals surface area contributed by atoms with E-state index in [1.807, 2.05) is 71.6 Å². The second kappa shape index (κ2) is 8.27. The summed E-state index contributed by atoms with van der Waals surface area (Å²) in [5, 5.41) is 15.2. The molecule has 0 radical (unpaired) electrons. The summed E-state index contributed by atoms with van der Waals surface area (Å²) < 4.78 is 7.03. The van der Waals surface area contributed by atoms with Crippen molar-refractivity contribution < 1.29 is 9.21 Å². The Labute approximate surface area is 178 Å². The van der Waals surface area contributed by atoms with Crippen molar-refractivity contribution in [1.29, 1.82) is 0 Å². The first-order valence-corrected chi connectivity index (χ1v) is 9.96. The van der Waals surface area contributed by atoms with Crippen LogP contribution in [0.4, 0.5) is 5.95 Å². The van der Waals surface area contributed by atoms with E-state index >= 15 is 0 Å². The summed E-state index contributed by atoms with van der Waals surface area (Å²) in [7, 11) is 0. The highest BCUT2D eigenvalue weighted by molar-refractivity contribution is 5.89. The Kier molecular flexibility index (Phi) is 5.02. The van der Waals surface area contributed by atoms with Crippen LogP contribution in [0.15, 0.2) is 89.6 Å². The van der Waals surface area contributed by atoms with Gasteiger partial charge in [0.05, 0.1) is 18.5 Å². The van der Waals surface area contributed by atoms with Crippen molar-refractivity contribution >= 4 is 17.6 Å². The van der Waals surface area contributed by atoms with Gasteiger partial charge in [-0.15, -0.1) is 0 Å². The molecule has 0 aliphatic carbocycles. The lowest BCUT2D eigenvalue weighted by Crippen LogP contribution is -2.39. The van der Waals surface area contributed by atoms with Gasteiger partial charge in [-0.05, 0) is 39.8 Å². The lowest BCUT2D eigenvalue weighted by molar-refractivity contribution is -0.119. The van der Waals surface area contributed by atoms with Crippen molar-refractivity contribution in [2.24, 2.45) is 0 Å². The molecular weight excluding hydrogens is 392 g/mol. The minimum Gasteiger partial charge on any atom is -0.467 e. The van der Waals surface area contributed by atoms with Crippen LogP contribution >= 0.6 is 0 Å². The maximum absolute atomic E-state index is 12.8. The number of tetrazole rings is 1. The molecule has 1 N–H and O–H groups in total. The normalized spacial score (nSPS) is 15.3. The fourth-order valence-electron chi connectivity index (χ4n) is 3.67. The van der Waals surface area contributed by atoms with Crippen molar-refractivity contribution in [2.75, 3.05) is 11.4 Å². The summed E-state index contributed by atoms with van der Waals surface area (Å²) in [5.41, 5.74) is 2.92. The third kappa shape index (κ3) is 3.83. The maximum Gasteiger partial charge on any atom is 0.251 e. The number of nitrogens with zero attached hydrogens (tertiary/aromatic N) is 5. The van der Waals surface area contributed by atoms with Crippen LogP contribution in [-0.4, -0.2) is 32.7 Å². The zero-order valence-corrected chi connectivity index (χ0v) is 16.6. The summed E-state index contributed by atoms with van der Waals surface area (Å²) >= 11 is 0. The molecule has 1 atom stereocenters. The Bertz CT molecular complexity index is 1190. The highest BCUT2D eigenvalue weighted by atomic mass is 16.3. The molecule has 1 aliphatic heterocycles. The van der Waals surface area contributed by atoms with Gasteiger partial charge < -0.3 is 9.73 Å². The summed E-state index contributed by atoms with van der Waals surface area (Å²) in [6.45, 7) is 0.394. The molecule has 4 aromatic rings. The number of hydrogen-bond acceptors (Lipinski definition) is 6. The van der Waals surface area contributed by atoms with Crippen molar-refractivity contribution in [2.45, 2.75) is 12.6 Å². The Morgan fingerprint density at radius 3 is 2.52 bits per heavy atom. The molecule has 8 heteroatoms. The number of amides is 1. The summed E-state index contributed by atoms with van der Waals surface area (Å²) in [5.74, 6) is 1.05. The molecule has 0 spiro atoms. The van der Waals surface area contributed by atoms with Crippen LogP contribution in [0.5, 0.6) is 0 Å². The van der Waals surface area contributed by atoms with Crippen molar-refractivity contribution in [1.82, 2.24) is 25.5 Å². The number of benzene rings is 2. The van der Waals surface area contributed by atoms with Crippen LogP contribution in [0.1, 0.15) is 22.9 Å². The zero-order valence-electron chi connectivity index (χ0n) is 16.6. The fourth-order valence-corrected chi connectivity index (χ4v) is 3.67. The number of anilines is 1. The van der Waals surface area contributed by atoms with Gasteiger partial charge in [-0.25, -0.2) is 0 Å². The standard InChI is InChI=1S/C23H20N6O2/c30-22(24-15-19-12-7-13-31-19)16-28-20(17-8-3-1-4-9-17)14-21(18-10-5-2-6-11-18)29-23(28)25-26-27-29/h1-14,21H,15-16H2,(H,24,30). The van der Waals surface area contributed by atoms with E-state index in [1.54, 1.807) is 17.0 Å². The van der Waals surface area contributed by atoms with Gasteiger partial charge in [0.25, 0.3) is 5.95 Å². The number of carbonyl (C=O) groups is 1. The van der Waals surface area contributed by atoms with E-state index in [4.69, 9.17) is 4.42 Å². The number of carbonyl (C=O) groups excluding carboxylic acids is 1. The molecule has 2 aromatic heterocycles. The lowest BCUT2D eigenvalue weighted by atomic mass is 10.0. The summed E-state index contributed by atoms with van der Waals surface area (Å²) in [4.78, 5) is 14.6. The SMILES string of the molecule is O=C(CN1C(c2ccccc2)=CC(c2ccccc2)n2nnnc21)NCc1ccco1. The van der Waals surface area contributed by atoms with Gasteiger partial charge >= 0.3 is 0 Å². The predicted octanol–water partition coefficient (Wildman–Crippen LogP) is 3.03. The van der Waals surface area contributed by atoms with Crippen LogP contribution in [0.3, 0.4) is 0 Å². The van der Waals surface area contributed by atoms with Gasteiger partial charge in [0.2, 0.25) is 5.91 Å². The van der Waals surface area contributed by atoms with E-state index in [2.05, 4.69) is 26.9 Å². The van der Waals surface area contributed by atoms with E-state index in [0.717, 1.165) is 16.8 Å². The number of allylic oxidation sites excluding steroid dienone is 1. The molecule has 5 rings (SSSR count). The molecule has 2 aromatic carbocycles. The zero-order chi connectivity index (χ0) is 21.0. The number of fused-ring (bicyclic) bond motifs is 1. The van der Waals surface area contributed by atoms with Crippen molar-refractivity contribution in [3.8, 4) is 0 Å². The molecule has 0 fully saturated rings. The summed E-state index contributed by atoms with van der Waals surface area (Å²) in [6, 6.07) is 23.4. The highest BCUT2D eigenvalue weighted by Gasteiger charge is 2.31. The Morgan fingerprint density at radius 2 is 1.77 bits per heavy atom. The lowest BCUT2D eigenvalue weighted by Gasteiger charge is -2.32. The molecular formula is C23H20N6O2. The third-order valence-corrected chi connectivity index (χ3v) is 5.14. The highest BCUT2D eigenvalue weighted by Crippen LogP contribution is 2.35. The molecule has 0 saturated heterocycles. The Morgan fingerprint density at radius 1 is 1.00 bits per heavy atom. The largest absolute Gasteiger partial charge is 0.467 e. The van der Waals surface area contributed by atoms with Gasteiger partial charge in [-0.2, -0.15) is 4.68 Å². The topological polar surface area (TPSA) is 89.1 Å². The first-order valence-electron chi connectivity index (χ1n) is 9.96. The van der Waals surface area contributed by atoms with Crippen molar-refractivity contribution in [3.05, 3.63) is 102 Å². The molecule has 8 nitrogen and oxygen atoms in total. The first kappa shape index (κ1) is 18.8. The van der Waals surface area contributed by atoms with Crippen LogP contribution < -0.4 is 10.2 Å². The van der Waals surface area contributed by atoms with E-state index in [1.165, 1.54) is 0 Å². The maximum atomic E-state index is 12.8. The van der Waals surface area contributed by atoms with Crippen LogP contribution in [0, 0.1) is 0 Å². The molecule has 3 heterocycles. The average Bonchev–Trinajstić information content (AvgIpc) is 3.51. The van der Waals surface area contributed by atoms with E-state index in [0.29, 0.717) is 18.3 Å². The third-order valence-electron chi connectivity index (χ3n) is 5.14. The van der Waals surface area contributed by atoms with Gasteiger partial charge in [0.1, 0.15) is 18.3 Å². The molecule has 1 amide bonds. The molecule has 154 valence electrons.